The second-order valence-electron chi connectivity index (χ2n) is 5.22. The predicted octanol–water partition coefficient (Wildman–Crippen LogP) is 2.88. The van der Waals surface area contributed by atoms with Crippen molar-refractivity contribution < 1.29 is 19.1 Å². The van der Waals surface area contributed by atoms with Gasteiger partial charge in [-0.05, 0) is 12.1 Å². The molecule has 1 aliphatic heterocycles. The first-order valence-corrected chi connectivity index (χ1v) is 6.91. The number of ether oxygens (including phenoxy) is 2. The van der Waals surface area contributed by atoms with E-state index >= 15 is 0 Å². The van der Waals surface area contributed by atoms with E-state index in [0.717, 1.165) is 0 Å². The molecule has 22 heavy (non-hydrogen) atoms. The van der Waals surface area contributed by atoms with Gasteiger partial charge in [0.1, 0.15) is 5.75 Å². The summed E-state index contributed by atoms with van der Waals surface area (Å²) in [6.45, 7) is 0. The smallest absolute Gasteiger partial charge is 0.268 e. The fraction of sp³-hybridized carbons (Fsp3) is 0.111. The van der Waals surface area contributed by atoms with Crippen molar-refractivity contribution in [3.63, 3.8) is 0 Å². The average molecular weight is 292 g/mol. The third-order valence-electron chi connectivity index (χ3n) is 4.09. The highest BCUT2D eigenvalue weighted by molar-refractivity contribution is 6.20. The number of para-hydroxylation sites is 1. The summed E-state index contributed by atoms with van der Waals surface area (Å²) < 4.78 is 11.7. The van der Waals surface area contributed by atoms with Crippen LogP contribution in [0.2, 0.25) is 0 Å². The van der Waals surface area contributed by atoms with E-state index in [9.17, 15) is 9.59 Å². The molecule has 4 heteroatoms. The lowest BCUT2D eigenvalue weighted by atomic mass is 9.80. The summed E-state index contributed by atoms with van der Waals surface area (Å²) in [7, 11) is 1.47. The SMILES string of the molecule is CO[C@]12Oc3ccccc3C(=O)C1=CC(=O)c1ccccc12. The van der Waals surface area contributed by atoms with E-state index < -0.39 is 5.79 Å². The van der Waals surface area contributed by atoms with E-state index in [1.165, 1.54) is 13.2 Å². The lowest BCUT2D eigenvalue weighted by Crippen LogP contribution is -2.46. The molecule has 0 bridgehead atoms. The zero-order valence-electron chi connectivity index (χ0n) is 11.8. The molecule has 0 fully saturated rings. The minimum absolute atomic E-state index is 0.213. The van der Waals surface area contributed by atoms with Crippen LogP contribution in [-0.4, -0.2) is 18.7 Å². The molecule has 2 aromatic carbocycles. The van der Waals surface area contributed by atoms with Crippen LogP contribution in [0.5, 0.6) is 5.75 Å². The van der Waals surface area contributed by atoms with Crippen LogP contribution in [0.15, 0.2) is 60.2 Å². The van der Waals surface area contributed by atoms with Gasteiger partial charge < -0.3 is 9.47 Å². The van der Waals surface area contributed by atoms with E-state index in [4.69, 9.17) is 9.47 Å². The molecule has 4 nitrogen and oxygen atoms in total. The summed E-state index contributed by atoms with van der Waals surface area (Å²) >= 11 is 0. The van der Waals surface area contributed by atoms with Crippen LogP contribution in [0.1, 0.15) is 26.3 Å². The van der Waals surface area contributed by atoms with Gasteiger partial charge in [0.05, 0.1) is 11.1 Å². The molecule has 0 spiro atoms. The normalized spacial score (nSPS) is 22.1. The van der Waals surface area contributed by atoms with Gasteiger partial charge in [-0.1, -0.05) is 36.4 Å². The largest absolute Gasteiger partial charge is 0.453 e. The number of carbonyl (C=O) groups excluding carboxylic acids is 2. The first-order valence-electron chi connectivity index (χ1n) is 6.91. The van der Waals surface area contributed by atoms with E-state index in [0.29, 0.717) is 22.4 Å². The third kappa shape index (κ3) is 1.50. The molecular formula is C18H12O4. The topological polar surface area (TPSA) is 52.6 Å². The Balaban J connectivity index is 2.04. The highest BCUT2D eigenvalue weighted by Gasteiger charge is 2.51. The van der Waals surface area contributed by atoms with Gasteiger partial charge in [-0.2, -0.15) is 0 Å². The third-order valence-corrected chi connectivity index (χ3v) is 4.09. The van der Waals surface area contributed by atoms with E-state index in [1.807, 2.05) is 0 Å². The predicted molar refractivity (Wildman–Crippen MR) is 78.9 cm³/mol. The van der Waals surface area contributed by atoms with Crippen molar-refractivity contribution in [3.8, 4) is 5.75 Å². The Kier molecular flexibility index (Phi) is 2.59. The lowest BCUT2D eigenvalue weighted by Gasteiger charge is -2.41. The molecule has 0 aromatic heterocycles. The highest BCUT2D eigenvalue weighted by Crippen LogP contribution is 2.46. The maximum absolute atomic E-state index is 12.8. The Morgan fingerprint density at radius 3 is 2.41 bits per heavy atom. The molecule has 2 aliphatic rings. The van der Waals surface area contributed by atoms with E-state index in [-0.39, 0.29) is 17.1 Å². The molecule has 0 saturated carbocycles. The summed E-state index contributed by atoms with van der Waals surface area (Å²) in [5.41, 5.74) is 1.70. The van der Waals surface area contributed by atoms with Crippen molar-refractivity contribution in [1.29, 1.82) is 0 Å². The number of fused-ring (bicyclic) bond motifs is 4. The minimum atomic E-state index is -1.37. The summed E-state index contributed by atoms with van der Waals surface area (Å²) in [4.78, 5) is 25.1. The number of benzene rings is 2. The molecule has 0 radical (unpaired) electrons. The van der Waals surface area contributed by atoms with Gasteiger partial charge in [-0.3, -0.25) is 9.59 Å². The molecule has 0 unspecified atom stereocenters. The van der Waals surface area contributed by atoms with Crippen LogP contribution in [0.4, 0.5) is 0 Å². The number of hydrogen-bond acceptors (Lipinski definition) is 4. The highest BCUT2D eigenvalue weighted by atomic mass is 16.7. The second kappa shape index (κ2) is 4.39. The number of carbonyl (C=O) groups is 2. The monoisotopic (exact) mass is 292 g/mol. The summed E-state index contributed by atoms with van der Waals surface area (Å²) in [5.74, 6) is -1.37. The van der Waals surface area contributed by atoms with Gasteiger partial charge in [0, 0.05) is 24.3 Å². The van der Waals surface area contributed by atoms with Crippen molar-refractivity contribution in [1.82, 2.24) is 0 Å². The van der Waals surface area contributed by atoms with Gasteiger partial charge in [0.2, 0.25) is 0 Å². The molecule has 0 amide bonds. The zero-order valence-corrected chi connectivity index (χ0v) is 11.8. The average Bonchev–Trinajstić information content (AvgIpc) is 2.57. The molecule has 0 saturated heterocycles. The molecular weight excluding hydrogens is 280 g/mol. The van der Waals surface area contributed by atoms with Crippen LogP contribution in [0.25, 0.3) is 0 Å². The second-order valence-corrected chi connectivity index (χ2v) is 5.22. The summed E-state index contributed by atoms with van der Waals surface area (Å²) in [6, 6.07) is 14.0. The number of rotatable bonds is 1. The Morgan fingerprint density at radius 2 is 1.64 bits per heavy atom. The van der Waals surface area contributed by atoms with Gasteiger partial charge in [0.25, 0.3) is 5.79 Å². The standard InChI is InChI=1S/C18H12O4/c1-21-18-13-8-4-2-6-11(13)15(19)10-14(18)17(20)12-7-3-5-9-16(12)22-18/h2-10H,1H3/t18-/m1/s1. The van der Waals surface area contributed by atoms with Crippen LogP contribution in [0.3, 0.4) is 0 Å². The fourth-order valence-corrected chi connectivity index (χ4v) is 3.06. The van der Waals surface area contributed by atoms with Crippen molar-refractivity contribution in [2.24, 2.45) is 0 Å². The van der Waals surface area contributed by atoms with Crippen LogP contribution < -0.4 is 4.74 Å². The molecule has 1 atom stereocenters. The first-order chi connectivity index (χ1) is 10.7. The maximum Gasteiger partial charge on any atom is 0.268 e. The minimum Gasteiger partial charge on any atom is -0.453 e. The van der Waals surface area contributed by atoms with Crippen molar-refractivity contribution in [2.75, 3.05) is 7.11 Å². The number of ketones is 2. The Labute approximate surface area is 127 Å². The molecule has 4 rings (SSSR count). The molecule has 2 aromatic rings. The van der Waals surface area contributed by atoms with Crippen LogP contribution in [-0.2, 0) is 10.5 Å². The van der Waals surface area contributed by atoms with Gasteiger partial charge in [-0.25, -0.2) is 0 Å². The number of methoxy groups -OCH3 is 1. The molecule has 1 aliphatic carbocycles. The van der Waals surface area contributed by atoms with Crippen LogP contribution >= 0.6 is 0 Å². The fourth-order valence-electron chi connectivity index (χ4n) is 3.06. The van der Waals surface area contributed by atoms with E-state index in [2.05, 4.69) is 0 Å². The summed E-state index contributed by atoms with van der Waals surface area (Å²) in [6.07, 6.45) is 1.32. The van der Waals surface area contributed by atoms with Gasteiger partial charge in [-0.15, -0.1) is 0 Å². The van der Waals surface area contributed by atoms with Crippen molar-refractivity contribution in [2.45, 2.75) is 5.79 Å². The molecule has 108 valence electrons. The van der Waals surface area contributed by atoms with Crippen LogP contribution in [0, 0.1) is 0 Å². The number of Topliss-reactive ketones (excluding diaryl/α,β-unsaturated/α-hetero) is 1. The molecule has 0 N–H and O–H groups in total. The Bertz CT molecular complexity index is 850. The van der Waals surface area contributed by atoms with E-state index in [1.54, 1.807) is 48.5 Å². The Morgan fingerprint density at radius 1 is 0.955 bits per heavy atom. The van der Waals surface area contributed by atoms with Gasteiger partial charge in [0.15, 0.2) is 11.6 Å². The van der Waals surface area contributed by atoms with Crippen molar-refractivity contribution in [3.05, 3.63) is 76.9 Å². The zero-order chi connectivity index (χ0) is 15.3. The number of allylic oxidation sites excluding steroid dienone is 1. The maximum atomic E-state index is 12.8. The van der Waals surface area contributed by atoms with Crippen molar-refractivity contribution >= 4 is 11.6 Å². The summed E-state index contributed by atoms with van der Waals surface area (Å²) in [5, 5.41) is 0. The Hall–Kier alpha value is -2.72. The van der Waals surface area contributed by atoms with Gasteiger partial charge >= 0.3 is 0 Å². The molecule has 1 heterocycles. The number of hydrogen-bond donors (Lipinski definition) is 0. The quantitative estimate of drug-likeness (QED) is 0.811. The lowest BCUT2D eigenvalue weighted by molar-refractivity contribution is -0.143. The first kappa shape index (κ1) is 13.0.